The summed E-state index contributed by atoms with van der Waals surface area (Å²) in [7, 11) is 3.06. The number of urea groups is 1. The molecule has 1 saturated carbocycles. The van der Waals surface area contributed by atoms with E-state index in [-0.39, 0.29) is 12.6 Å². The molecule has 1 atom stereocenters. The third-order valence-electron chi connectivity index (χ3n) is 2.50. The molecule has 0 spiro atoms. The van der Waals surface area contributed by atoms with Crippen molar-refractivity contribution in [2.75, 3.05) is 27.3 Å². The van der Waals surface area contributed by atoms with E-state index in [0.717, 1.165) is 12.8 Å². The predicted molar refractivity (Wildman–Crippen MR) is 57.2 cm³/mol. The molecule has 2 N–H and O–H groups in total. The van der Waals surface area contributed by atoms with Crippen LogP contribution in [0.5, 0.6) is 0 Å². The maximum Gasteiger partial charge on any atom is 0.328 e. The molecule has 6 nitrogen and oxygen atoms in total. The summed E-state index contributed by atoms with van der Waals surface area (Å²) in [5, 5.41) is 11.2. The maximum absolute atomic E-state index is 11.6. The smallest absolute Gasteiger partial charge is 0.328 e. The molecule has 2 amide bonds. The van der Waals surface area contributed by atoms with Crippen LogP contribution in [0.2, 0.25) is 0 Å². The van der Waals surface area contributed by atoms with Crippen molar-refractivity contribution >= 4 is 12.0 Å². The quantitative estimate of drug-likeness (QED) is 0.680. The Kier molecular flexibility index (Phi) is 4.54. The number of carboxylic acids is 1. The molecular formula is C10H18N2O4. The first-order valence-corrected chi connectivity index (χ1v) is 5.28. The lowest BCUT2D eigenvalue weighted by molar-refractivity contribution is -0.140. The third-order valence-corrected chi connectivity index (χ3v) is 2.50. The second-order valence-electron chi connectivity index (χ2n) is 4.12. The zero-order chi connectivity index (χ0) is 12.1. The van der Waals surface area contributed by atoms with Gasteiger partial charge in [0.15, 0.2) is 6.04 Å². The van der Waals surface area contributed by atoms with Crippen LogP contribution in [-0.2, 0) is 9.53 Å². The molecule has 0 radical (unpaired) electrons. The number of carbonyl (C=O) groups is 2. The van der Waals surface area contributed by atoms with Gasteiger partial charge < -0.3 is 20.1 Å². The zero-order valence-corrected chi connectivity index (χ0v) is 9.60. The molecule has 92 valence electrons. The van der Waals surface area contributed by atoms with Crippen LogP contribution in [0, 0.1) is 5.92 Å². The summed E-state index contributed by atoms with van der Waals surface area (Å²) in [5.41, 5.74) is 0. The molecule has 1 aliphatic carbocycles. The van der Waals surface area contributed by atoms with E-state index in [1.807, 2.05) is 0 Å². The van der Waals surface area contributed by atoms with Gasteiger partial charge in [-0.05, 0) is 18.8 Å². The summed E-state index contributed by atoms with van der Waals surface area (Å²) < 4.78 is 4.73. The average molecular weight is 230 g/mol. The highest BCUT2D eigenvalue weighted by atomic mass is 16.5. The Hall–Kier alpha value is -1.30. The van der Waals surface area contributed by atoms with Crippen LogP contribution in [0.4, 0.5) is 4.79 Å². The monoisotopic (exact) mass is 230 g/mol. The molecule has 0 aromatic carbocycles. The largest absolute Gasteiger partial charge is 0.480 e. The second-order valence-corrected chi connectivity index (χ2v) is 4.12. The summed E-state index contributed by atoms with van der Waals surface area (Å²) >= 11 is 0. The van der Waals surface area contributed by atoms with Crippen LogP contribution in [0.1, 0.15) is 12.8 Å². The third kappa shape index (κ3) is 4.06. The molecule has 1 aliphatic rings. The average Bonchev–Trinajstić information content (AvgIpc) is 3.00. The highest BCUT2D eigenvalue weighted by molar-refractivity contribution is 5.82. The Morgan fingerprint density at radius 3 is 2.62 bits per heavy atom. The highest BCUT2D eigenvalue weighted by Gasteiger charge is 2.27. The van der Waals surface area contributed by atoms with E-state index in [1.165, 1.54) is 12.0 Å². The van der Waals surface area contributed by atoms with Gasteiger partial charge in [0, 0.05) is 20.7 Å². The molecule has 0 aromatic heterocycles. The van der Waals surface area contributed by atoms with E-state index in [2.05, 4.69) is 5.32 Å². The number of hydrogen-bond donors (Lipinski definition) is 2. The Balaban J connectivity index is 2.36. The molecule has 0 bridgehead atoms. The van der Waals surface area contributed by atoms with Gasteiger partial charge in [-0.3, -0.25) is 0 Å². The summed E-state index contributed by atoms with van der Waals surface area (Å²) in [5.74, 6) is -0.503. The minimum absolute atomic E-state index is 0.0294. The lowest BCUT2D eigenvalue weighted by Gasteiger charge is -2.20. The fourth-order valence-corrected chi connectivity index (χ4v) is 1.37. The number of amides is 2. The molecular weight excluding hydrogens is 212 g/mol. The van der Waals surface area contributed by atoms with Gasteiger partial charge in [-0.1, -0.05) is 0 Å². The number of rotatable bonds is 6. The van der Waals surface area contributed by atoms with E-state index in [9.17, 15) is 9.59 Å². The zero-order valence-electron chi connectivity index (χ0n) is 9.60. The second kappa shape index (κ2) is 5.69. The summed E-state index contributed by atoms with van der Waals surface area (Å²) in [6.07, 6.45) is 2.30. The number of ether oxygens (including phenoxy) is 1. The Morgan fingerprint density at radius 2 is 2.19 bits per heavy atom. The van der Waals surface area contributed by atoms with Gasteiger partial charge in [-0.25, -0.2) is 9.59 Å². The first-order chi connectivity index (χ1) is 7.54. The van der Waals surface area contributed by atoms with Crippen molar-refractivity contribution in [3.63, 3.8) is 0 Å². The Labute approximate surface area is 94.6 Å². The lowest BCUT2D eigenvalue weighted by atomic mass is 10.3. The minimum Gasteiger partial charge on any atom is -0.480 e. The fourth-order valence-electron chi connectivity index (χ4n) is 1.37. The van der Waals surface area contributed by atoms with Gasteiger partial charge in [0.1, 0.15) is 0 Å². The van der Waals surface area contributed by atoms with Crippen molar-refractivity contribution in [3.05, 3.63) is 0 Å². The minimum atomic E-state index is -1.09. The number of carbonyl (C=O) groups excluding carboxylic acids is 1. The van der Waals surface area contributed by atoms with Crippen molar-refractivity contribution in [3.8, 4) is 0 Å². The van der Waals surface area contributed by atoms with Gasteiger partial charge in [0.25, 0.3) is 0 Å². The molecule has 0 saturated heterocycles. The molecule has 6 heteroatoms. The number of nitrogens with one attached hydrogen (secondary N) is 1. The normalized spacial score (nSPS) is 16.6. The van der Waals surface area contributed by atoms with Crippen molar-refractivity contribution in [1.82, 2.24) is 10.2 Å². The van der Waals surface area contributed by atoms with E-state index < -0.39 is 12.0 Å². The number of methoxy groups -OCH3 is 1. The van der Waals surface area contributed by atoms with Crippen molar-refractivity contribution in [2.24, 2.45) is 5.92 Å². The number of nitrogens with zero attached hydrogens (tertiary/aromatic N) is 1. The Bertz CT molecular complexity index is 266. The standard InChI is InChI=1S/C10H18N2O4/c1-12(5-7-3-4-7)10(15)11-8(6-16-2)9(13)14/h7-8H,3-6H2,1-2H3,(H,11,15)(H,13,14). The van der Waals surface area contributed by atoms with Gasteiger partial charge in [-0.15, -0.1) is 0 Å². The Morgan fingerprint density at radius 1 is 1.56 bits per heavy atom. The van der Waals surface area contributed by atoms with Crippen molar-refractivity contribution in [2.45, 2.75) is 18.9 Å². The molecule has 1 rings (SSSR count). The summed E-state index contributed by atoms with van der Waals surface area (Å²) in [6.45, 7) is 0.656. The van der Waals surface area contributed by atoms with Gasteiger partial charge >= 0.3 is 12.0 Å². The molecule has 0 aliphatic heterocycles. The molecule has 0 heterocycles. The lowest BCUT2D eigenvalue weighted by Crippen LogP contribution is -2.49. The number of hydrogen-bond acceptors (Lipinski definition) is 3. The molecule has 0 aromatic rings. The van der Waals surface area contributed by atoms with Gasteiger partial charge in [-0.2, -0.15) is 0 Å². The summed E-state index contributed by atoms with van der Waals surface area (Å²) in [6, 6.07) is -1.35. The van der Waals surface area contributed by atoms with E-state index >= 15 is 0 Å². The van der Waals surface area contributed by atoms with Gasteiger partial charge in [0.05, 0.1) is 6.61 Å². The highest BCUT2D eigenvalue weighted by Crippen LogP contribution is 2.29. The van der Waals surface area contributed by atoms with Crippen molar-refractivity contribution in [1.29, 1.82) is 0 Å². The van der Waals surface area contributed by atoms with Crippen LogP contribution in [0.15, 0.2) is 0 Å². The molecule has 1 fully saturated rings. The number of aliphatic carboxylic acids is 1. The van der Waals surface area contributed by atoms with E-state index in [4.69, 9.17) is 9.84 Å². The SMILES string of the molecule is COCC(NC(=O)N(C)CC1CC1)C(=O)O. The van der Waals surface area contributed by atoms with E-state index in [1.54, 1.807) is 7.05 Å². The summed E-state index contributed by atoms with van der Waals surface area (Å²) in [4.78, 5) is 23.9. The van der Waals surface area contributed by atoms with E-state index in [0.29, 0.717) is 12.5 Å². The molecule has 1 unspecified atom stereocenters. The van der Waals surface area contributed by atoms with Crippen LogP contribution >= 0.6 is 0 Å². The number of carboxylic acid groups (broad SMARTS) is 1. The van der Waals surface area contributed by atoms with Crippen LogP contribution < -0.4 is 5.32 Å². The van der Waals surface area contributed by atoms with Crippen LogP contribution in [-0.4, -0.2) is 55.4 Å². The van der Waals surface area contributed by atoms with Crippen molar-refractivity contribution < 1.29 is 19.4 Å². The molecule has 16 heavy (non-hydrogen) atoms. The predicted octanol–water partition coefficient (Wildman–Crippen LogP) is 0.137. The maximum atomic E-state index is 11.6. The fraction of sp³-hybridized carbons (Fsp3) is 0.800. The first kappa shape index (κ1) is 12.8. The van der Waals surface area contributed by atoms with Crippen LogP contribution in [0.25, 0.3) is 0 Å². The first-order valence-electron chi connectivity index (χ1n) is 5.28. The topological polar surface area (TPSA) is 78.9 Å². The van der Waals surface area contributed by atoms with Gasteiger partial charge in [0.2, 0.25) is 0 Å². The van der Waals surface area contributed by atoms with Crippen LogP contribution in [0.3, 0.4) is 0 Å².